The Balaban J connectivity index is 1.24. The Hall–Kier alpha value is -7.98. The molecule has 0 aromatic heterocycles. The molecular weight excluding hydrogens is 712 g/mol. The smallest absolute Gasteiger partial charge is 0.194 e. The minimum atomic E-state index is -0.747. The van der Waals surface area contributed by atoms with E-state index in [0.717, 1.165) is 24.3 Å². The van der Waals surface area contributed by atoms with Gasteiger partial charge in [0.15, 0.2) is 54.3 Å². The van der Waals surface area contributed by atoms with Crippen molar-refractivity contribution in [2.75, 3.05) is 0 Å². The van der Waals surface area contributed by atoms with E-state index in [2.05, 4.69) is 0 Å². The Kier molecular flexibility index (Phi) is 5.84. The van der Waals surface area contributed by atoms with Crippen molar-refractivity contribution < 1.29 is 0 Å². The maximum Gasteiger partial charge on any atom is 0.194 e. The van der Waals surface area contributed by atoms with Crippen LogP contribution in [0, 0.1) is 0 Å². The van der Waals surface area contributed by atoms with E-state index in [1.807, 2.05) is 0 Å². The average molecular weight is 729 g/mol. The second kappa shape index (κ2) is 10.4. The van der Waals surface area contributed by atoms with Gasteiger partial charge in [0.2, 0.25) is 0 Å². The molecule has 0 unspecified atom stereocenters. The number of rotatable bonds is 0. The van der Waals surface area contributed by atoms with Gasteiger partial charge in [0.05, 0.1) is 0 Å². The van der Waals surface area contributed by atoms with E-state index in [0.29, 0.717) is 0 Å². The lowest BCUT2D eigenvalue weighted by atomic mass is 9.92. The molecule has 0 heterocycles. The molecule has 0 aliphatic heterocycles. The molecule has 0 fully saturated rings. The lowest BCUT2D eigenvalue weighted by Crippen LogP contribution is -2.20. The first-order chi connectivity index (χ1) is 26.9. The Labute approximate surface area is 306 Å². The van der Waals surface area contributed by atoms with Gasteiger partial charge >= 0.3 is 0 Å². The van der Waals surface area contributed by atoms with Gasteiger partial charge in [-0.05, 0) is 48.5 Å². The first kappa shape index (κ1) is 31.5. The molecule has 11 aromatic carbocycles. The van der Waals surface area contributed by atoms with E-state index in [9.17, 15) is 47.9 Å². The Morgan fingerprint density at radius 1 is 0.161 bits per heavy atom. The molecule has 10 nitrogen and oxygen atoms in total. The van der Waals surface area contributed by atoms with E-state index in [4.69, 9.17) is 0 Å². The van der Waals surface area contributed by atoms with Gasteiger partial charge in [-0.25, -0.2) is 0 Å². The van der Waals surface area contributed by atoms with Crippen LogP contribution >= 0.6 is 0 Å². The van der Waals surface area contributed by atoms with Crippen molar-refractivity contribution in [2.45, 2.75) is 0 Å². The largest absolute Gasteiger partial charge is 0.289 e. The summed E-state index contributed by atoms with van der Waals surface area (Å²) in [5.41, 5.74) is -6.26. The highest BCUT2D eigenvalue weighted by molar-refractivity contribution is 6.14. The molecule has 0 atom stereocenters. The molecule has 10 heteroatoms. The summed E-state index contributed by atoms with van der Waals surface area (Å²) in [4.78, 5) is 138. The minimum Gasteiger partial charge on any atom is -0.289 e. The van der Waals surface area contributed by atoms with Gasteiger partial charge < -0.3 is 0 Å². The molecule has 0 amide bonds. The lowest BCUT2D eigenvalue weighted by molar-refractivity contribution is 1.63. The minimum absolute atomic E-state index is 0.0398. The van der Waals surface area contributed by atoms with Gasteiger partial charge in [-0.2, -0.15) is 0 Å². The Morgan fingerprint density at radius 2 is 0.268 bits per heavy atom. The maximum atomic E-state index is 14.2. The van der Waals surface area contributed by atoms with Gasteiger partial charge in [-0.15, -0.1) is 0 Å². The number of hydrogen-bond donors (Lipinski definition) is 0. The first-order valence-electron chi connectivity index (χ1n) is 17.3. The summed E-state index contributed by atoms with van der Waals surface area (Å²) in [6.45, 7) is 0. The maximum absolute atomic E-state index is 14.2. The molecule has 0 aliphatic carbocycles. The average Bonchev–Trinajstić information content (AvgIpc) is 3.23. The van der Waals surface area contributed by atoms with E-state index in [1.54, 1.807) is 24.3 Å². The highest BCUT2D eigenvalue weighted by Crippen LogP contribution is 2.26. The predicted octanol–water partition coefficient (Wildman–Crippen LogP) is 4.01. The van der Waals surface area contributed by atoms with Crippen LogP contribution in [0.1, 0.15) is 0 Å². The van der Waals surface area contributed by atoms with Crippen LogP contribution in [0.2, 0.25) is 0 Å². The van der Waals surface area contributed by atoms with Gasteiger partial charge in [-0.1, -0.05) is 48.5 Å². The van der Waals surface area contributed by atoms with Gasteiger partial charge in [0.1, 0.15) is 0 Å². The molecule has 11 rings (SSSR count). The highest BCUT2D eigenvalue weighted by Gasteiger charge is 2.22. The number of benzene rings is 11. The summed E-state index contributed by atoms with van der Waals surface area (Å²) in [6.07, 6.45) is 0. The van der Waals surface area contributed by atoms with Gasteiger partial charge in [0.25, 0.3) is 0 Å². The molecule has 56 heavy (non-hydrogen) atoms. The fraction of sp³-hybridized carbons (Fsp3) is 0. The van der Waals surface area contributed by atoms with Crippen LogP contribution in [0.5, 0.6) is 0 Å². The van der Waals surface area contributed by atoms with Crippen molar-refractivity contribution in [2.24, 2.45) is 0 Å². The van der Waals surface area contributed by atoms with Crippen molar-refractivity contribution in [3.63, 3.8) is 0 Å². The second-order valence-corrected chi connectivity index (χ2v) is 14.2. The van der Waals surface area contributed by atoms with Crippen LogP contribution in [-0.4, -0.2) is 0 Å². The zero-order chi connectivity index (χ0) is 38.6. The van der Waals surface area contributed by atoms with Crippen molar-refractivity contribution in [3.05, 3.63) is 199 Å². The van der Waals surface area contributed by atoms with Crippen LogP contribution in [-0.2, 0) is 0 Å². The SMILES string of the molecule is O=c1c2ccccc2c(=O)c2cc3c(=O)c4cc5c(=O)c6cc7c(=O)c8cc9c(=O)c%10ccccc%10c(=O)c9cc8c(=O)c7cc6c(=O)c5cc4c(=O)c3cc12. The highest BCUT2D eigenvalue weighted by atomic mass is 16.2. The molecule has 0 bridgehead atoms. The molecule has 11 aromatic rings. The fourth-order valence-corrected chi connectivity index (χ4v) is 8.61. The van der Waals surface area contributed by atoms with Crippen molar-refractivity contribution in [3.8, 4) is 0 Å². The third kappa shape index (κ3) is 3.74. The van der Waals surface area contributed by atoms with E-state index < -0.39 is 54.3 Å². The van der Waals surface area contributed by atoms with Gasteiger partial charge in [-0.3, -0.25) is 47.9 Å². The number of hydrogen-bond acceptors (Lipinski definition) is 10. The molecule has 260 valence electrons. The van der Waals surface area contributed by atoms with E-state index in [-0.39, 0.29) is 108 Å². The molecule has 0 aliphatic rings. The van der Waals surface area contributed by atoms with Crippen LogP contribution in [0.3, 0.4) is 0 Å². The van der Waals surface area contributed by atoms with Gasteiger partial charge in [0, 0.05) is 108 Å². The zero-order valence-corrected chi connectivity index (χ0v) is 28.3. The summed E-state index contributed by atoms with van der Waals surface area (Å²) < 4.78 is 0. The normalized spacial score (nSPS) is 12.3. The van der Waals surface area contributed by atoms with Crippen LogP contribution in [0.4, 0.5) is 0 Å². The molecular formula is C46H16O10. The monoisotopic (exact) mass is 728 g/mol. The summed E-state index contributed by atoms with van der Waals surface area (Å²) >= 11 is 0. The topological polar surface area (TPSA) is 171 Å². The number of fused-ring (bicyclic) bond motifs is 10. The van der Waals surface area contributed by atoms with Crippen LogP contribution in [0.15, 0.2) is 145 Å². The van der Waals surface area contributed by atoms with Crippen LogP contribution < -0.4 is 54.3 Å². The zero-order valence-electron chi connectivity index (χ0n) is 28.3. The lowest BCUT2D eigenvalue weighted by Gasteiger charge is -2.08. The van der Waals surface area contributed by atoms with E-state index in [1.165, 1.54) is 48.5 Å². The fourth-order valence-electron chi connectivity index (χ4n) is 8.61. The Bertz CT molecular complexity index is 3830. The quantitative estimate of drug-likeness (QED) is 0.208. The third-order valence-electron chi connectivity index (χ3n) is 11.4. The first-order valence-corrected chi connectivity index (χ1v) is 17.3. The second-order valence-electron chi connectivity index (χ2n) is 14.2. The molecule has 0 radical (unpaired) electrons. The molecule has 0 spiro atoms. The summed E-state index contributed by atoms with van der Waals surface area (Å²) in [5.74, 6) is 0. The van der Waals surface area contributed by atoms with Crippen LogP contribution in [0.25, 0.3) is 108 Å². The summed E-state index contributed by atoms with van der Waals surface area (Å²) in [5, 5.41) is -1.67. The summed E-state index contributed by atoms with van der Waals surface area (Å²) in [6, 6.07) is 21.9. The summed E-state index contributed by atoms with van der Waals surface area (Å²) in [7, 11) is 0. The molecule has 0 N–H and O–H groups in total. The Morgan fingerprint density at radius 3 is 0.393 bits per heavy atom. The van der Waals surface area contributed by atoms with Crippen molar-refractivity contribution in [1.82, 2.24) is 0 Å². The third-order valence-corrected chi connectivity index (χ3v) is 11.4. The standard InChI is InChI=1S/C46H16O10/c47-37-17-5-1-2-6-18(17)38(48)22-10-26-25(9-21(22)37)41(51)29-13-33-34(14-30(29)42(26)52)46(56)36-16-32-31(15-35(36)45(33)55)43(53)27-11-23-24(12-28(27)44(32)54)40(50)20-8-4-3-7-19(20)39(23)49/h1-16H. The molecule has 0 saturated carbocycles. The predicted molar refractivity (Wildman–Crippen MR) is 220 cm³/mol. The van der Waals surface area contributed by atoms with Crippen molar-refractivity contribution >= 4 is 108 Å². The van der Waals surface area contributed by atoms with E-state index >= 15 is 0 Å². The molecule has 0 saturated heterocycles. The van der Waals surface area contributed by atoms with Crippen molar-refractivity contribution in [1.29, 1.82) is 0 Å².